The van der Waals surface area contributed by atoms with Crippen LogP contribution < -0.4 is 4.90 Å². The van der Waals surface area contributed by atoms with Gasteiger partial charge in [0.05, 0.1) is 17.5 Å². The van der Waals surface area contributed by atoms with Crippen LogP contribution in [-0.4, -0.2) is 11.8 Å². The molecule has 1 aromatic carbocycles. The molecule has 0 bridgehead atoms. The topological polar surface area (TPSA) is 37.4 Å². The van der Waals surface area contributed by atoms with Crippen molar-refractivity contribution in [3.8, 4) is 0 Å². The number of anilines is 1. The Bertz CT molecular complexity index is 788. The fraction of sp³-hybridized carbons (Fsp3) is 0.143. The van der Waals surface area contributed by atoms with Crippen molar-refractivity contribution in [1.29, 1.82) is 0 Å². The average molecular weight is 317 g/mol. The zero-order chi connectivity index (χ0) is 17.3. The Morgan fingerprint density at radius 3 is 2.29 bits per heavy atom. The molecule has 3 heteroatoms. The van der Waals surface area contributed by atoms with E-state index < -0.39 is 5.92 Å². The van der Waals surface area contributed by atoms with Crippen LogP contribution >= 0.6 is 0 Å². The maximum atomic E-state index is 13.1. The molecule has 0 radical (unpaired) electrons. The van der Waals surface area contributed by atoms with E-state index in [0.717, 1.165) is 16.7 Å². The van der Waals surface area contributed by atoms with Crippen LogP contribution in [0.15, 0.2) is 91.1 Å². The fourth-order valence-electron chi connectivity index (χ4n) is 3.51. The minimum Gasteiger partial charge on any atom is -0.274 e. The summed E-state index contributed by atoms with van der Waals surface area (Å²) in [6.45, 7) is 11.5. The number of rotatable bonds is 4. The van der Waals surface area contributed by atoms with Crippen molar-refractivity contribution >= 4 is 17.5 Å². The van der Waals surface area contributed by atoms with E-state index in [-0.39, 0.29) is 17.7 Å². The van der Waals surface area contributed by atoms with Crippen molar-refractivity contribution < 1.29 is 9.59 Å². The van der Waals surface area contributed by atoms with Gasteiger partial charge in [0.25, 0.3) is 0 Å². The molecule has 1 aliphatic heterocycles. The first kappa shape index (κ1) is 15.9. The highest BCUT2D eigenvalue weighted by Crippen LogP contribution is 2.44. The number of amides is 2. The van der Waals surface area contributed by atoms with Crippen molar-refractivity contribution in [1.82, 2.24) is 0 Å². The summed E-state index contributed by atoms with van der Waals surface area (Å²) in [7, 11) is 0. The van der Waals surface area contributed by atoms with Gasteiger partial charge in [-0.2, -0.15) is 0 Å². The van der Waals surface area contributed by atoms with Gasteiger partial charge in [-0.05, 0) is 35.3 Å². The number of hydrogen-bond donors (Lipinski definition) is 0. The van der Waals surface area contributed by atoms with E-state index in [0.29, 0.717) is 12.1 Å². The van der Waals surface area contributed by atoms with Crippen molar-refractivity contribution in [3.63, 3.8) is 0 Å². The molecule has 3 rings (SSSR count). The number of carbonyl (C=O) groups is 2. The summed E-state index contributed by atoms with van der Waals surface area (Å²) >= 11 is 0. The molecule has 2 amide bonds. The molecule has 0 unspecified atom stereocenters. The Morgan fingerprint density at radius 1 is 1.04 bits per heavy atom. The number of para-hydroxylation sites is 1. The first-order valence-electron chi connectivity index (χ1n) is 7.89. The molecule has 24 heavy (non-hydrogen) atoms. The lowest BCUT2D eigenvalue weighted by Crippen LogP contribution is -2.31. The minimum atomic E-state index is -0.512. The van der Waals surface area contributed by atoms with Gasteiger partial charge in [-0.1, -0.05) is 62.2 Å². The third kappa shape index (κ3) is 2.29. The van der Waals surface area contributed by atoms with Gasteiger partial charge in [0.15, 0.2) is 0 Å². The highest BCUT2D eigenvalue weighted by molar-refractivity contribution is 6.23. The van der Waals surface area contributed by atoms with Gasteiger partial charge in [-0.15, -0.1) is 0 Å². The molecule has 0 saturated carbocycles. The monoisotopic (exact) mass is 317 g/mol. The average Bonchev–Trinajstić information content (AvgIpc) is 2.87. The van der Waals surface area contributed by atoms with Gasteiger partial charge in [0.2, 0.25) is 11.8 Å². The molecule has 3 nitrogen and oxygen atoms in total. The summed E-state index contributed by atoms with van der Waals surface area (Å²) in [4.78, 5) is 27.3. The Balaban J connectivity index is 2.15. The summed E-state index contributed by atoms with van der Waals surface area (Å²) in [6.07, 6.45) is 7.57. The Kier molecular flexibility index (Phi) is 4.17. The maximum absolute atomic E-state index is 13.1. The minimum absolute atomic E-state index is 0.152. The summed E-state index contributed by atoms with van der Waals surface area (Å²) in [6, 6.07) is 9.06. The van der Waals surface area contributed by atoms with Crippen LogP contribution in [0.25, 0.3) is 0 Å². The number of allylic oxidation sites excluding steroid dienone is 6. The third-order valence-corrected chi connectivity index (χ3v) is 4.63. The predicted octanol–water partition coefficient (Wildman–Crippen LogP) is 3.98. The van der Waals surface area contributed by atoms with Crippen molar-refractivity contribution in [3.05, 3.63) is 91.1 Å². The molecule has 0 N–H and O–H groups in total. The van der Waals surface area contributed by atoms with Gasteiger partial charge in [-0.25, -0.2) is 4.90 Å². The van der Waals surface area contributed by atoms with E-state index in [1.54, 1.807) is 30.4 Å². The molecule has 1 aliphatic carbocycles. The highest BCUT2D eigenvalue weighted by atomic mass is 16.2. The number of carbonyl (C=O) groups excluding carboxylic acids is 2. The number of imide groups is 1. The molecule has 1 heterocycles. The zero-order valence-corrected chi connectivity index (χ0v) is 13.4. The lowest BCUT2D eigenvalue weighted by atomic mass is 9.75. The Labute approximate surface area is 142 Å². The normalized spacial score (nSPS) is 22.8. The molecule has 1 aromatic rings. The standard InChI is InChI=1S/C21H19NO2/c1-4-14(5-2)18-15(6-3)12-13-17-19(18)21(24)22(20(17)23)16-10-8-7-9-11-16/h4-12,17,19H,1-3,13H2/t17-,19-/m1/s1. The summed E-state index contributed by atoms with van der Waals surface area (Å²) in [5.41, 5.74) is 3.05. The second kappa shape index (κ2) is 6.28. The zero-order valence-electron chi connectivity index (χ0n) is 13.4. The molecular weight excluding hydrogens is 298 g/mol. The van der Waals surface area contributed by atoms with Crippen LogP contribution in [0.5, 0.6) is 0 Å². The van der Waals surface area contributed by atoms with Crippen LogP contribution in [-0.2, 0) is 9.59 Å². The molecule has 0 spiro atoms. The van der Waals surface area contributed by atoms with Crippen LogP contribution in [0, 0.1) is 11.8 Å². The van der Waals surface area contributed by atoms with Crippen LogP contribution in [0.4, 0.5) is 5.69 Å². The van der Waals surface area contributed by atoms with Crippen molar-refractivity contribution in [2.45, 2.75) is 6.42 Å². The van der Waals surface area contributed by atoms with E-state index >= 15 is 0 Å². The second-order valence-electron chi connectivity index (χ2n) is 5.81. The quantitative estimate of drug-likeness (QED) is 0.788. The van der Waals surface area contributed by atoms with Crippen LogP contribution in [0.2, 0.25) is 0 Å². The van der Waals surface area contributed by atoms with Gasteiger partial charge in [-0.3, -0.25) is 9.59 Å². The smallest absolute Gasteiger partial charge is 0.242 e. The molecule has 1 saturated heterocycles. The van der Waals surface area contributed by atoms with Gasteiger partial charge < -0.3 is 0 Å². The molecule has 2 atom stereocenters. The van der Waals surface area contributed by atoms with Crippen molar-refractivity contribution in [2.24, 2.45) is 11.8 Å². The molecule has 2 aliphatic rings. The predicted molar refractivity (Wildman–Crippen MR) is 96.2 cm³/mol. The lowest BCUT2D eigenvalue weighted by Gasteiger charge is -2.25. The van der Waals surface area contributed by atoms with Crippen molar-refractivity contribution in [2.75, 3.05) is 4.90 Å². The maximum Gasteiger partial charge on any atom is 0.242 e. The first-order valence-corrected chi connectivity index (χ1v) is 7.89. The van der Waals surface area contributed by atoms with Gasteiger partial charge in [0.1, 0.15) is 0 Å². The lowest BCUT2D eigenvalue weighted by molar-refractivity contribution is -0.122. The third-order valence-electron chi connectivity index (χ3n) is 4.63. The number of fused-ring (bicyclic) bond motifs is 1. The van der Waals surface area contributed by atoms with E-state index in [1.807, 2.05) is 24.3 Å². The number of hydrogen-bond acceptors (Lipinski definition) is 2. The second-order valence-corrected chi connectivity index (χ2v) is 5.81. The van der Waals surface area contributed by atoms with E-state index in [9.17, 15) is 9.59 Å². The van der Waals surface area contributed by atoms with Crippen LogP contribution in [0.1, 0.15) is 6.42 Å². The molecule has 120 valence electrons. The van der Waals surface area contributed by atoms with E-state index in [4.69, 9.17) is 0 Å². The summed E-state index contributed by atoms with van der Waals surface area (Å²) in [5, 5.41) is 0. The Morgan fingerprint density at radius 2 is 1.71 bits per heavy atom. The summed E-state index contributed by atoms with van der Waals surface area (Å²) in [5.74, 6) is -1.24. The van der Waals surface area contributed by atoms with E-state index in [1.165, 1.54) is 4.90 Å². The van der Waals surface area contributed by atoms with E-state index in [2.05, 4.69) is 19.7 Å². The highest BCUT2D eigenvalue weighted by Gasteiger charge is 2.51. The largest absolute Gasteiger partial charge is 0.274 e. The SMILES string of the molecule is C=CC1=CC[C@H]2C(=O)N(c3ccccc3)C(=O)[C@H]2C1=C(C=C)C=C. The fourth-order valence-corrected chi connectivity index (χ4v) is 3.51. The van der Waals surface area contributed by atoms with Crippen LogP contribution in [0.3, 0.4) is 0 Å². The molecular formula is C21H19NO2. The first-order chi connectivity index (χ1) is 11.6. The number of nitrogens with zero attached hydrogens (tertiary/aromatic N) is 1. The summed E-state index contributed by atoms with van der Waals surface area (Å²) < 4.78 is 0. The number of benzene rings is 1. The molecule has 1 fully saturated rings. The van der Waals surface area contributed by atoms with Gasteiger partial charge >= 0.3 is 0 Å². The van der Waals surface area contributed by atoms with Gasteiger partial charge in [0, 0.05) is 0 Å². The molecule has 0 aromatic heterocycles. The Hall–Kier alpha value is -2.94.